The van der Waals surface area contributed by atoms with Gasteiger partial charge in [0.1, 0.15) is 0 Å². The summed E-state index contributed by atoms with van der Waals surface area (Å²) in [7, 11) is 0. The smallest absolute Gasteiger partial charge is 0.171 e. The van der Waals surface area contributed by atoms with Crippen molar-refractivity contribution in [3.05, 3.63) is 48.0 Å². The standard InChI is InChI=1S/C14H12BrF3/c15-13(8-9-14(16,17)18)12-7-3-5-10-4-1-2-6-11(10)12/h1-7,13H,8-9H2. The van der Waals surface area contributed by atoms with Crippen LogP contribution in [0.1, 0.15) is 23.2 Å². The minimum absolute atomic E-state index is 0.0531. The molecular weight excluding hydrogens is 305 g/mol. The molecule has 2 rings (SSSR count). The lowest BCUT2D eigenvalue weighted by Gasteiger charge is -2.14. The Morgan fingerprint density at radius 3 is 2.39 bits per heavy atom. The number of fused-ring (bicyclic) bond motifs is 1. The van der Waals surface area contributed by atoms with Crippen molar-refractivity contribution in [2.75, 3.05) is 0 Å². The van der Waals surface area contributed by atoms with Crippen LogP contribution in [0.2, 0.25) is 0 Å². The van der Waals surface area contributed by atoms with Crippen LogP contribution in [0, 0.1) is 0 Å². The molecule has 2 aromatic rings. The van der Waals surface area contributed by atoms with Crippen molar-refractivity contribution in [1.82, 2.24) is 0 Å². The number of rotatable bonds is 3. The van der Waals surface area contributed by atoms with Crippen LogP contribution in [-0.4, -0.2) is 6.18 Å². The van der Waals surface area contributed by atoms with E-state index >= 15 is 0 Å². The number of alkyl halides is 4. The van der Waals surface area contributed by atoms with Crippen LogP contribution in [0.3, 0.4) is 0 Å². The van der Waals surface area contributed by atoms with Gasteiger partial charge < -0.3 is 0 Å². The van der Waals surface area contributed by atoms with E-state index in [4.69, 9.17) is 0 Å². The molecule has 0 amide bonds. The second kappa shape index (κ2) is 5.31. The number of hydrogen-bond acceptors (Lipinski definition) is 0. The van der Waals surface area contributed by atoms with Crippen LogP contribution in [0.5, 0.6) is 0 Å². The van der Waals surface area contributed by atoms with Crippen molar-refractivity contribution in [2.45, 2.75) is 23.8 Å². The van der Waals surface area contributed by atoms with E-state index in [1.807, 2.05) is 42.5 Å². The molecule has 0 saturated carbocycles. The van der Waals surface area contributed by atoms with Crippen LogP contribution < -0.4 is 0 Å². The second-order valence-corrected chi connectivity index (χ2v) is 5.30. The van der Waals surface area contributed by atoms with Crippen molar-refractivity contribution in [3.8, 4) is 0 Å². The van der Waals surface area contributed by atoms with Crippen molar-refractivity contribution >= 4 is 26.7 Å². The van der Waals surface area contributed by atoms with Gasteiger partial charge in [-0.3, -0.25) is 0 Å². The van der Waals surface area contributed by atoms with Crippen LogP contribution in [0.4, 0.5) is 13.2 Å². The van der Waals surface area contributed by atoms with Crippen molar-refractivity contribution < 1.29 is 13.2 Å². The molecule has 0 spiro atoms. The molecule has 0 bridgehead atoms. The fraction of sp³-hybridized carbons (Fsp3) is 0.286. The minimum Gasteiger partial charge on any atom is -0.171 e. The highest BCUT2D eigenvalue weighted by atomic mass is 79.9. The average Bonchev–Trinajstić information content (AvgIpc) is 2.34. The van der Waals surface area contributed by atoms with Crippen LogP contribution in [0.25, 0.3) is 10.8 Å². The normalized spacial score (nSPS) is 13.8. The molecule has 18 heavy (non-hydrogen) atoms. The summed E-state index contributed by atoms with van der Waals surface area (Å²) in [5.74, 6) is 0. The first-order valence-electron chi connectivity index (χ1n) is 5.66. The van der Waals surface area contributed by atoms with Crippen LogP contribution in [0.15, 0.2) is 42.5 Å². The van der Waals surface area contributed by atoms with E-state index in [0.717, 1.165) is 16.3 Å². The maximum Gasteiger partial charge on any atom is 0.389 e. The summed E-state index contributed by atoms with van der Waals surface area (Å²) in [5, 5.41) is 2.05. The Bertz CT molecular complexity index is 529. The zero-order valence-corrected chi connectivity index (χ0v) is 11.1. The molecule has 96 valence electrons. The molecule has 1 unspecified atom stereocenters. The van der Waals surface area contributed by atoms with Crippen LogP contribution in [-0.2, 0) is 0 Å². The maximum atomic E-state index is 12.2. The largest absolute Gasteiger partial charge is 0.389 e. The Labute approximate surface area is 112 Å². The molecule has 0 nitrogen and oxygen atoms in total. The Morgan fingerprint density at radius 2 is 1.67 bits per heavy atom. The third kappa shape index (κ3) is 3.25. The first kappa shape index (κ1) is 13.4. The molecule has 0 aromatic heterocycles. The summed E-state index contributed by atoms with van der Waals surface area (Å²) in [6, 6.07) is 13.4. The summed E-state index contributed by atoms with van der Waals surface area (Å²) in [4.78, 5) is -0.273. The Balaban J connectivity index is 2.25. The van der Waals surface area contributed by atoms with Gasteiger partial charge in [-0.25, -0.2) is 0 Å². The zero-order chi connectivity index (χ0) is 13.2. The molecule has 0 N–H and O–H groups in total. The molecule has 4 heteroatoms. The lowest BCUT2D eigenvalue weighted by molar-refractivity contribution is -0.135. The Hall–Kier alpha value is -1.03. The van der Waals surface area contributed by atoms with E-state index in [2.05, 4.69) is 15.9 Å². The summed E-state index contributed by atoms with van der Waals surface area (Å²) in [6.45, 7) is 0. The topological polar surface area (TPSA) is 0 Å². The molecule has 0 saturated heterocycles. The van der Waals surface area contributed by atoms with Gasteiger partial charge >= 0.3 is 6.18 Å². The highest BCUT2D eigenvalue weighted by Crippen LogP contribution is 2.36. The molecule has 0 aliphatic carbocycles. The van der Waals surface area contributed by atoms with Crippen molar-refractivity contribution in [1.29, 1.82) is 0 Å². The van der Waals surface area contributed by atoms with E-state index in [0.29, 0.717) is 0 Å². The van der Waals surface area contributed by atoms with Gasteiger partial charge in [-0.15, -0.1) is 0 Å². The second-order valence-electron chi connectivity index (χ2n) is 4.19. The van der Waals surface area contributed by atoms with Gasteiger partial charge in [0.05, 0.1) is 0 Å². The van der Waals surface area contributed by atoms with Gasteiger partial charge in [-0.05, 0) is 22.8 Å². The van der Waals surface area contributed by atoms with E-state index in [9.17, 15) is 13.2 Å². The quantitative estimate of drug-likeness (QED) is 0.645. The number of benzene rings is 2. The average molecular weight is 317 g/mol. The molecule has 0 aliphatic heterocycles. The van der Waals surface area contributed by atoms with Gasteiger partial charge in [0, 0.05) is 11.2 Å². The summed E-state index contributed by atoms with van der Waals surface area (Å²) in [6.07, 6.45) is -4.82. The zero-order valence-electron chi connectivity index (χ0n) is 9.54. The highest BCUT2D eigenvalue weighted by molar-refractivity contribution is 9.09. The number of halogens is 4. The number of hydrogen-bond donors (Lipinski definition) is 0. The van der Waals surface area contributed by atoms with E-state index < -0.39 is 12.6 Å². The third-order valence-electron chi connectivity index (χ3n) is 2.84. The highest BCUT2D eigenvalue weighted by Gasteiger charge is 2.28. The van der Waals surface area contributed by atoms with Gasteiger partial charge in [0.25, 0.3) is 0 Å². The molecule has 2 aromatic carbocycles. The summed E-state index contributed by atoms with van der Waals surface area (Å²) < 4.78 is 36.7. The lowest BCUT2D eigenvalue weighted by Crippen LogP contribution is -2.08. The summed E-state index contributed by atoms with van der Waals surface area (Å²) in [5.41, 5.74) is 0.914. The monoisotopic (exact) mass is 316 g/mol. The van der Waals surface area contributed by atoms with E-state index in [1.54, 1.807) is 0 Å². The Morgan fingerprint density at radius 1 is 1.00 bits per heavy atom. The first-order valence-corrected chi connectivity index (χ1v) is 6.57. The predicted octanol–water partition coefficient (Wildman–Crippen LogP) is 5.62. The van der Waals surface area contributed by atoms with E-state index in [1.165, 1.54) is 0 Å². The fourth-order valence-corrected chi connectivity index (χ4v) is 2.60. The SMILES string of the molecule is FC(F)(F)CCC(Br)c1cccc2ccccc12. The fourth-order valence-electron chi connectivity index (χ4n) is 1.97. The maximum absolute atomic E-state index is 12.2. The van der Waals surface area contributed by atoms with Gasteiger partial charge in [-0.1, -0.05) is 58.4 Å². The predicted molar refractivity (Wildman–Crippen MR) is 70.9 cm³/mol. The molecule has 0 radical (unpaired) electrons. The van der Waals surface area contributed by atoms with E-state index in [-0.39, 0.29) is 11.2 Å². The molecule has 0 heterocycles. The Kier molecular flexibility index (Phi) is 3.95. The lowest BCUT2D eigenvalue weighted by atomic mass is 10.00. The first-order chi connectivity index (χ1) is 8.47. The van der Waals surface area contributed by atoms with Gasteiger partial charge in [0.2, 0.25) is 0 Å². The van der Waals surface area contributed by atoms with Gasteiger partial charge in [0.15, 0.2) is 0 Å². The van der Waals surface area contributed by atoms with Gasteiger partial charge in [-0.2, -0.15) is 13.2 Å². The summed E-state index contributed by atoms with van der Waals surface area (Å²) >= 11 is 3.36. The third-order valence-corrected chi connectivity index (χ3v) is 3.79. The minimum atomic E-state index is -4.10. The van der Waals surface area contributed by atoms with Crippen LogP contribution >= 0.6 is 15.9 Å². The molecule has 0 aliphatic rings. The molecular formula is C14H12BrF3. The molecule has 0 fully saturated rings. The van der Waals surface area contributed by atoms with Crippen molar-refractivity contribution in [3.63, 3.8) is 0 Å². The van der Waals surface area contributed by atoms with Crippen molar-refractivity contribution in [2.24, 2.45) is 0 Å². The molecule has 1 atom stereocenters.